The lowest BCUT2D eigenvalue weighted by atomic mass is 10.1. The topological polar surface area (TPSA) is 91.2 Å². The molecule has 0 spiro atoms. The van der Waals surface area contributed by atoms with Gasteiger partial charge in [0.15, 0.2) is 5.65 Å². The van der Waals surface area contributed by atoms with E-state index in [1.54, 1.807) is 48.9 Å². The second-order valence-corrected chi connectivity index (χ2v) is 7.74. The fourth-order valence-electron chi connectivity index (χ4n) is 3.04. The SMILES string of the molecule is Cn1nc(-c2cccc(Br)c2OCc2ccccc2F)c2cnc(NOC(=O)C(F)(F)F)nc21. The van der Waals surface area contributed by atoms with E-state index in [9.17, 15) is 22.4 Å². The minimum atomic E-state index is -5.17. The van der Waals surface area contributed by atoms with Gasteiger partial charge in [-0.3, -0.25) is 0 Å². The number of carbonyl (C=O) groups is 1. The van der Waals surface area contributed by atoms with Crippen LogP contribution in [0.1, 0.15) is 5.56 Å². The number of hydrogen-bond donors (Lipinski definition) is 1. The normalized spacial score (nSPS) is 11.5. The molecular formula is C21H14BrF4N5O3. The van der Waals surface area contributed by atoms with Crippen LogP contribution in [0.25, 0.3) is 22.3 Å². The molecule has 0 radical (unpaired) electrons. The van der Waals surface area contributed by atoms with E-state index in [1.165, 1.54) is 16.9 Å². The van der Waals surface area contributed by atoms with Gasteiger partial charge >= 0.3 is 12.1 Å². The average molecular weight is 540 g/mol. The van der Waals surface area contributed by atoms with Gasteiger partial charge in [-0.1, -0.05) is 24.3 Å². The van der Waals surface area contributed by atoms with Crippen molar-refractivity contribution in [1.82, 2.24) is 19.7 Å². The number of nitrogens with zero attached hydrogens (tertiary/aromatic N) is 4. The van der Waals surface area contributed by atoms with E-state index in [0.29, 0.717) is 32.4 Å². The molecule has 0 amide bonds. The minimum absolute atomic E-state index is 0.0395. The number of carbonyl (C=O) groups excluding carboxylic acids is 1. The molecule has 13 heteroatoms. The van der Waals surface area contributed by atoms with E-state index in [2.05, 4.69) is 35.8 Å². The summed E-state index contributed by atoms with van der Waals surface area (Å²) in [6, 6.07) is 11.5. The van der Waals surface area contributed by atoms with Crippen LogP contribution >= 0.6 is 15.9 Å². The monoisotopic (exact) mass is 539 g/mol. The van der Waals surface area contributed by atoms with Crippen molar-refractivity contribution in [3.05, 3.63) is 64.5 Å². The third kappa shape index (κ3) is 4.78. The quantitative estimate of drug-likeness (QED) is 0.274. The average Bonchev–Trinajstić information content (AvgIpc) is 3.12. The van der Waals surface area contributed by atoms with Gasteiger partial charge in [0, 0.05) is 24.4 Å². The Kier molecular flexibility index (Phi) is 6.37. The second kappa shape index (κ2) is 9.25. The number of nitrogens with one attached hydrogen (secondary N) is 1. The van der Waals surface area contributed by atoms with Gasteiger partial charge in [0.05, 0.1) is 9.86 Å². The van der Waals surface area contributed by atoms with E-state index in [-0.39, 0.29) is 18.2 Å². The zero-order chi connectivity index (χ0) is 24.5. The largest absolute Gasteiger partial charge is 0.493 e. The van der Waals surface area contributed by atoms with Crippen molar-refractivity contribution in [3.8, 4) is 17.0 Å². The summed E-state index contributed by atoms with van der Waals surface area (Å²) in [5.74, 6) is -2.82. The molecular weight excluding hydrogens is 526 g/mol. The van der Waals surface area contributed by atoms with E-state index >= 15 is 0 Å². The summed E-state index contributed by atoms with van der Waals surface area (Å²) in [5, 5.41) is 4.88. The van der Waals surface area contributed by atoms with E-state index in [0.717, 1.165) is 0 Å². The number of ether oxygens (including phenoxy) is 1. The Hall–Kier alpha value is -3.74. The van der Waals surface area contributed by atoms with Crippen LogP contribution < -0.4 is 10.2 Å². The Balaban J connectivity index is 1.66. The third-order valence-electron chi connectivity index (χ3n) is 4.60. The summed E-state index contributed by atoms with van der Waals surface area (Å²) >= 11 is 3.43. The first-order chi connectivity index (χ1) is 16.1. The molecule has 0 fully saturated rings. The van der Waals surface area contributed by atoms with Crippen LogP contribution in [0.3, 0.4) is 0 Å². The second-order valence-electron chi connectivity index (χ2n) is 6.89. The van der Waals surface area contributed by atoms with Crippen molar-refractivity contribution in [1.29, 1.82) is 0 Å². The molecule has 1 N–H and O–H groups in total. The summed E-state index contributed by atoms with van der Waals surface area (Å²) in [5.41, 5.74) is 3.36. The lowest BCUT2D eigenvalue weighted by Gasteiger charge is -2.13. The number of halogens is 5. The van der Waals surface area contributed by atoms with Crippen LogP contribution in [0.4, 0.5) is 23.5 Å². The van der Waals surface area contributed by atoms with Crippen LogP contribution in [0.2, 0.25) is 0 Å². The Morgan fingerprint density at radius 1 is 1.18 bits per heavy atom. The van der Waals surface area contributed by atoms with Gasteiger partial charge in [0.2, 0.25) is 0 Å². The smallest absolute Gasteiger partial charge is 0.487 e. The highest BCUT2D eigenvalue weighted by molar-refractivity contribution is 9.10. The van der Waals surface area contributed by atoms with Crippen LogP contribution in [-0.2, 0) is 23.3 Å². The van der Waals surface area contributed by atoms with E-state index in [1.807, 2.05) is 0 Å². The maximum absolute atomic E-state index is 14.0. The highest BCUT2D eigenvalue weighted by atomic mass is 79.9. The maximum Gasteiger partial charge on any atom is 0.493 e. The first-order valence-corrected chi connectivity index (χ1v) is 10.3. The molecule has 8 nitrogen and oxygen atoms in total. The molecule has 0 bridgehead atoms. The van der Waals surface area contributed by atoms with Crippen LogP contribution in [0.15, 0.2) is 53.1 Å². The predicted molar refractivity (Wildman–Crippen MR) is 116 cm³/mol. The number of fused-ring (bicyclic) bond motifs is 1. The van der Waals surface area contributed by atoms with Gasteiger partial charge < -0.3 is 9.57 Å². The summed E-state index contributed by atoms with van der Waals surface area (Å²) < 4.78 is 58.9. The van der Waals surface area contributed by atoms with Gasteiger partial charge in [0.1, 0.15) is 23.9 Å². The van der Waals surface area contributed by atoms with Gasteiger partial charge in [-0.2, -0.15) is 28.7 Å². The molecule has 0 saturated carbocycles. The van der Waals surface area contributed by atoms with Crippen LogP contribution in [0.5, 0.6) is 5.75 Å². The lowest BCUT2D eigenvalue weighted by Crippen LogP contribution is -2.27. The highest BCUT2D eigenvalue weighted by Gasteiger charge is 2.41. The number of aryl methyl sites for hydroxylation is 1. The van der Waals surface area contributed by atoms with Crippen molar-refractivity contribution in [2.24, 2.45) is 7.05 Å². The Morgan fingerprint density at radius 2 is 1.94 bits per heavy atom. The molecule has 4 aromatic rings. The summed E-state index contributed by atoms with van der Waals surface area (Å²) in [7, 11) is 1.57. The molecule has 176 valence electrons. The molecule has 2 aromatic heterocycles. The van der Waals surface area contributed by atoms with Crippen molar-refractivity contribution < 1.29 is 31.9 Å². The number of anilines is 1. The third-order valence-corrected chi connectivity index (χ3v) is 5.22. The number of aromatic nitrogens is 4. The molecule has 0 saturated heterocycles. The zero-order valence-corrected chi connectivity index (χ0v) is 18.8. The maximum atomic E-state index is 14.0. The van der Waals surface area contributed by atoms with Gasteiger partial charge in [0.25, 0.3) is 5.95 Å². The highest BCUT2D eigenvalue weighted by Crippen LogP contribution is 2.39. The molecule has 0 unspecified atom stereocenters. The molecule has 0 atom stereocenters. The number of alkyl halides is 3. The minimum Gasteiger partial charge on any atom is -0.487 e. The van der Waals surface area contributed by atoms with Crippen molar-refractivity contribution in [3.63, 3.8) is 0 Å². The van der Waals surface area contributed by atoms with Crippen molar-refractivity contribution >= 4 is 38.9 Å². The van der Waals surface area contributed by atoms with E-state index in [4.69, 9.17) is 4.74 Å². The fraction of sp³-hybridized carbons (Fsp3) is 0.143. The van der Waals surface area contributed by atoms with Crippen LogP contribution in [-0.4, -0.2) is 31.9 Å². The molecule has 2 aromatic carbocycles. The Labute approximate surface area is 197 Å². The lowest BCUT2D eigenvalue weighted by molar-refractivity contribution is -0.196. The standard InChI is InChI=1S/C21H14BrF4N5O3/c1-31-18-13(9-27-20(28-18)30-34-19(32)21(24,25)26)16(29-31)12-6-4-7-14(22)17(12)33-10-11-5-2-3-8-15(11)23/h2-9H,10H2,1H3,(H,27,28,30). The Bertz CT molecular complexity index is 1380. The van der Waals surface area contributed by atoms with Gasteiger partial charge in [-0.05, 0) is 34.1 Å². The molecule has 0 aliphatic rings. The van der Waals surface area contributed by atoms with Crippen molar-refractivity contribution in [2.45, 2.75) is 12.8 Å². The molecule has 34 heavy (non-hydrogen) atoms. The van der Waals surface area contributed by atoms with Gasteiger partial charge in [-0.25, -0.2) is 18.9 Å². The van der Waals surface area contributed by atoms with Crippen LogP contribution in [0, 0.1) is 5.82 Å². The van der Waals surface area contributed by atoms with Crippen molar-refractivity contribution in [2.75, 3.05) is 5.48 Å². The first kappa shape index (κ1) is 23.4. The number of hydrogen-bond acceptors (Lipinski definition) is 7. The molecule has 0 aliphatic heterocycles. The summed E-state index contributed by atoms with van der Waals surface area (Å²) in [6.45, 7) is -0.0395. The zero-order valence-electron chi connectivity index (χ0n) is 17.2. The summed E-state index contributed by atoms with van der Waals surface area (Å²) in [4.78, 5) is 22.8. The first-order valence-electron chi connectivity index (χ1n) is 9.54. The molecule has 4 rings (SSSR count). The van der Waals surface area contributed by atoms with Gasteiger partial charge in [-0.15, -0.1) is 0 Å². The number of rotatable bonds is 6. The Morgan fingerprint density at radius 3 is 2.68 bits per heavy atom. The predicted octanol–water partition coefficient (Wildman–Crippen LogP) is 4.94. The molecule has 0 aliphatic carbocycles. The number of benzene rings is 2. The molecule has 2 heterocycles. The summed E-state index contributed by atoms with van der Waals surface area (Å²) in [6.07, 6.45) is -3.85. The number of para-hydroxylation sites is 1. The van der Waals surface area contributed by atoms with E-state index < -0.39 is 18.0 Å². The fourth-order valence-corrected chi connectivity index (χ4v) is 3.52.